The van der Waals surface area contributed by atoms with E-state index in [1.54, 1.807) is 4.68 Å². The van der Waals surface area contributed by atoms with Gasteiger partial charge < -0.3 is 9.80 Å². The third-order valence-electron chi connectivity index (χ3n) is 7.33. The topological polar surface area (TPSA) is 105 Å². The number of nitrogens with zero attached hydrogens (tertiary/aromatic N) is 7. The molecule has 0 bridgehead atoms. The highest BCUT2D eigenvalue weighted by Gasteiger charge is 2.39. The van der Waals surface area contributed by atoms with Crippen molar-refractivity contribution in [1.29, 1.82) is 0 Å². The van der Waals surface area contributed by atoms with Crippen LogP contribution in [0.5, 0.6) is 0 Å². The smallest absolute Gasteiger partial charge is 0.250 e. The molecule has 1 aromatic carbocycles. The first-order valence-corrected chi connectivity index (χ1v) is 14.1. The van der Waals surface area contributed by atoms with E-state index >= 15 is 0 Å². The number of amides is 1. The third-order valence-corrected chi connectivity index (χ3v) is 9.08. The van der Waals surface area contributed by atoms with E-state index < -0.39 is 9.84 Å². The first-order valence-electron chi connectivity index (χ1n) is 12.3. The molecule has 0 N–H and O–H groups in total. The highest BCUT2D eigenvalue weighted by atomic mass is 32.2. The van der Waals surface area contributed by atoms with E-state index in [9.17, 15) is 13.2 Å². The van der Waals surface area contributed by atoms with Crippen LogP contribution in [0.15, 0.2) is 30.3 Å². The maximum Gasteiger partial charge on any atom is 0.250 e. The Bertz CT molecular complexity index is 1080. The first-order chi connectivity index (χ1) is 16.5. The number of carbonyl (C=O) groups is 1. The van der Waals surface area contributed by atoms with Crippen molar-refractivity contribution in [1.82, 2.24) is 30.0 Å². The Kier molecular flexibility index (Phi) is 6.82. The number of benzene rings is 1. The molecule has 3 fully saturated rings. The Balaban J connectivity index is 1.22. The first kappa shape index (κ1) is 23.2. The molecule has 34 heavy (non-hydrogen) atoms. The van der Waals surface area contributed by atoms with Crippen molar-refractivity contribution in [2.75, 3.05) is 49.1 Å². The molecule has 10 nitrogen and oxygen atoms in total. The molecule has 5 rings (SSSR count). The molecule has 1 unspecified atom stereocenters. The van der Waals surface area contributed by atoms with Crippen LogP contribution in [0.3, 0.4) is 0 Å². The van der Waals surface area contributed by atoms with Gasteiger partial charge in [0, 0.05) is 38.3 Å². The molecule has 11 heteroatoms. The average Bonchev–Trinajstić information content (AvgIpc) is 3.48. The lowest BCUT2D eigenvalue weighted by atomic mass is 9.92. The van der Waals surface area contributed by atoms with Gasteiger partial charge in [0.15, 0.2) is 9.84 Å². The van der Waals surface area contributed by atoms with Crippen molar-refractivity contribution in [3.63, 3.8) is 0 Å². The van der Waals surface area contributed by atoms with Crippen LogP contribution in [-0.2, 0) is 14.6 Å². The number of para-hydroxylation sites is 1. The Morgan fingerprint density at radius 2 is 1.71 bits per heavy atom. The Morgan fingerprint density at radius 1 is 0.971 bits per heavy atom. The predicted octanol–water partition coefficient (Wildman–Crippen LogP) is 1.13. The molecule has 2 aliphatic heterocycles. The molecule has 2 saturated heterocycles. The lowest BCUT2D eigenvalue weighted by Gasteiger charge is -2.40. The van der Waals surface area contributed by atoms with Crippen LogP contribution >= 0.6 is 0 Å². The van der Waals surface area contributed by atoms with E-state index in [4.69, 9.17) is 0 Å². The molecule has 184 valence electrons. The van der Waals surface area contributed by atoms with Crippen molar-refractivity contribution >= 4 is 21.7 Å². The van der Waals surface area contributed by atoms with Crippen LogP contribution < -0.4 is 4.90 Å². The van der Waals surface area contributed by atoms with Gasteiger partial charge in [-0.05, 0) is 41.8 Å². The minimum absolute atomic E-state index is 0.0802. The normalized spacial score (nSPS) is 23.8. The van der Waals surface area contributed by atoms with Gasteiger partial charge in [-0.25, -0.2) is 8.42 Å². The number of aromatic nitrogens is 4. The van der Waals surface area contributed by atoms with Gasteiger partial charge in [-0.3, -0.25) is 9.69 Å². The van der Waals surface area contributed by atoms with Crippen LogP contribution in [0, 0.1) is 0 Å². The number of carbonyl (C=O) groups excluding carboxylic acids is 1. The van der Waals surface area contributed by atoms with Gasteiger partial charge in [0.2, 0.25) is 11.9 Å². The van der Waals surface area contributed by atoms with Crippen LogP contribution in [0.4, 0.5) is 5.95 Å². The summed E-state index contributed by atoms with van der Waals surface area (Å²) < 4.78 is 26.0. The fourth-order valence-electron chi connectivity index (χ4n) is 5.55. The summed E-state index contributed by atoms with van der Waals surface area (Å²) in [6, 6.07) is 9.82. The van der Waals surface area contributed by atoms with Gasteiger partial charge in [0.05, 0.1) is 23.7 Å². The van der Waals surface area contributed by atoms with E-state index in [-0.39, 0.29) is 29.5 Å². The van der Waals surface area contributed by atoms with Crippen LogP contribution in [-0.4, -0.2) is 101 Å². The number of sulfone groups is 1. The van der Waals surface area contributed by atoms with Crippen molar-refractivity contribution in [2.45, 2.75) is 50.6 Å². The molecule has 3 aliphatic rings. The number of hydrogen-bond acceptors (Lipinski definition) is 8. The summed E-state index contributed by atoms with van der Waals surface area (Å²) in [5.41, 5.74) is 0.912. The molecule has 0 radical (unpaired) electrons. The summed E-state index contributed by atoms with van der Waals surface area (Å²) in [4.78, 5) is 19.8. The number of rotatable bonds is 6. The third kappa shape index (κ3) is 5.10. The molecule has 3 heterocycles. The quantitative estimate of drug-likeness (QED) is 0.597. The van der Waals surface area contributed by atoms with Crippen molar-refractivity contribution in [3.05, 3.63) is 30.3 Å². The van der Waals surface area contributed by atoms with Crippen molar-refractivity contribution in [2.24, 2.45) is 0 Å². The van der Waals surface area contributed by atoms with Gasteiger partial charge >= 0.3 is 0 Å². The van der Waals surface area contributed by atoms with Crippen LogP contribution in [0.1, 0.15) is 38.5 Å². The SMILES string of the molecule is O=C(CN1CCN(c2nnnn2-c2ccccc2)CC1)N(C1CCCCC1)C1CCS(=O)(=O)C1. The summed E-state index contributed by atoms with van der Waals surface area (Å²) in [7, 11) is -3.04. The molecule has 1 saturated carbocycles. The second-order valence-electron chi connectivity index (χ2n) is 9.64. The molecule has 1 aromatic heterocycles. The lowest BCUT2D eigenvalue weighted by Crippen LogP contribution is -2.55. The molecule has 1 atom stereocenters. The number of tetrazole rings is 1. The van der Waals surface area contributed by atoms with Crippen LogP contribution in [0.2, 0.25) is 0 Å². The van der Waals surface area contributed by atoms with Gasteiger partial charge in [-0.1, -0.05) is 42.6 Å². The van der Waals surface area contributed by atoms with E-state index in [1.807, 2.05) is 35.2 Å². The highest BCUT2D eigenvalue weighted by molar-refractivity contribution is 7.91. The zero-order valence-corrected chi connectivity index (χ0v) is 20.3. The Hall–Kier alpha value is -2.53. The summed E-state index contributed by atoms with van der Waals surface area (Å²) in [6.07, 6.45) is 5.97. The van der Waals surface area contributed by atoms with E-state index in [0.29, 0.717) is 18.9 Å². The van der Waals surface area contributed by atoms with Gasteiger partial charge in [-0.2, -0.15) is 4.68 Å². The fraction of sp³-hybridized carbons (Fsp3) is 0.652. The summed E-state index contributed by atoms with van der Waals surface area (Å²) in [5.74, 6) is 1.10. The molecular formula is C23H33N7O3S. The molecular weight excluding hydrogens is 454 g/mol. The van der Waals surface area contributed by atoms with Crippen molar-refractivity contribution < 1.29 is 13.2 Å². The summed E-state index contributed by atoms with van der Waals surface area (Å²) in [6.45, 7) is 3.25. The standard InChI is InChI=1S/C23H33N7O3S/c31-22(29(19-7-3-1-4-8-19)21-11-16-34(32,33)18-21)17-27-12-14-28(15-13-27)23-24-25-26-30(23)20-9-5-2-6-10-20/h2,5-6,9-10,19,21H,1,3-4,7-8,11-18H2. The number of hydrogen-bond donors (Lipinski definition) is 0. The Morgan fingerprint density at radius 3 is 2.38 bits per heavy atom. The van der Waals surface area contributed by atoms with Gasteiger partial charge in [0.25, 0.3) is 0 Å². The lowest BCUT2D eigenvalue weighted by molar-refractivity contribution is -0.137. The van der Waals surface area contributed by atoms with E-state index in [0.717, 1.165) is 57.5 Å². The van der Waals surface area contributed by atoms with Gasteiger partial charge in [-0.15, -0.1) is 0 Å². The average molecular weight is 488 g/mol. The van der Waals surface area contributed by atoms with E-state index in [1.165, 1.54) is 6.42 Å². The van der Waals surface area contributed by atoms with Crippen LogP contribution in [0.25, 0.3) is 5.69 Å². The zero-order valence-electron chi connectivity index (χ0n) is 19.5. The van der Waals surface area contributed by atoms with Crippen molar-refractivity contribution in [3.8, 4) is 5.69 Å². The van der Waals surface area contributed by atoms with Gasteiger partial charge in [0.1, 0.15) is 0 Å². The predicted molar refractivity (Wildman–Crippen MR) is 129 cm³/mol. The second kappa shape index (κ2) is 9.99. The minimum atomic E-state index is -3.04. The summed E-state index contributed by atoms with van der Waals surface area (Å²) in [5, 5.41) is 12.3. The monoisotopic (exact) mass is 487 g/mol. The maximum atomic E-state index is 13.5. The largest absolute Gasteiger partial charge is 0.337 e. The second-order valence-corrected chi connectivity index (χ2v) is 11.9. The molecule has 2 aromatic rings. The molecule has 1 amide bonds. The maximum absolute atomic E-state index is 13.5. The number of piperazine rings is 1. The zero-order chi connectivity index (χ0) is 23.5. The minimum Gasteiger partial charge on any atom is -0.337 e. The fourth-order valence-corrected chi connectivity index (χ4v) is 7.27. The molecule has 1 aliphatic carbocycles. The Labute approximate surface area is 200 Å². The van der Waals surface area contributed by atoms with E-state index in [2.05, 4.69) is 25.3 Å². The highest BCUT2D eigenvalue weighted by Crippen LogP contribution is 2.29. The molecule has 0 spiro atoms. The number of anilines is 1. The summed E-state index contributed by atoms with van der Waals surface area (Å²) >= 11 is 0.